The lowest BCUT2D eigenvalue weighted by molar-refractivity contribution is 0.339. The van der Waals surface area contributed by atoms with E-state index >= 15 is 0 Å². The average Bonchev–Trinajstić information content (AvgIpc) is 1.91. The summed E-state index contributed by atoms with van der Waals surface area (Å²) in [4.78, 5) is 69.4. The van der Waals surface area contributed by atoms with Gasteiger partial charge in [-0.05, 0) is 0 Å². The fourth-order valence-electron chi connectivity index (χ4n) is 1.01. The second kappa shape index (κ2) is 5.61. The van der Waals surface area contributed by atoms with Crippen molar-refractivity contribution >= 4 is 30.4 Å². The van der Waals surface area contributed by atoms with E-state index in [1.54, 1.807) is 0 Å². The molecule has 0 spiro atoms. The molecule has 8 N–H and O–H groups in total. The molecule has 0 rings (SSSR count). The second-order valence-electron chi connectivity index (χ2n) is 3.24. The lowest BCUT2D eigenvalue weighted by Gasteiger charge is -2.23. The third-order valence-electron chi connectivity index (χ3n) is 1.54. The normalized spacial score (nSPS) is 15.9. The van der Waals surface area contributed by atoms with Gasteiger partial charge in [0.15, 0.2) is 5.40 Å². The van der Waals surface area contributed by atoms with Gasteiger partial charge in [0.25, 0.3) is 0 Å². The predicted octanol–water partition coefficient (Wildman–Crippen LogP) is -1.14. The largest absolute Gasteiger partial charge is 0.354 e. The van der Waals surface area contributed by atoms with Crippen LogP contribution in [0.1, 0.15) is 0 Å². The Kier molecular flexibility index (Phi) is 5.71. The van der Waals surface area contributed by atoms with Crippen LogP contribution in [0.5, 0.6) is 0 Å². The molecule has 0 saturated heterocycles. The van der Waals surface area contributed by atoms with Gasteiger partial charge in [-0.15, -0.1) is 0 Å². The lowest BCUT2D eigenvalue weighted by Crippen LogP contribution is -2.13. The molecule has 0 saturated carbocycles. The zero-order chi connectivity index (χ0) is 15.9. The van der Waals surface area contributed by atoms with Crippen LogP contribution in [0.25, 0.3) is 0 Å². The molecule has 0 bridgehead atoms. The van der Waals surface area contributed by atoms with Gasteiger partial charge < -0.3 is 39.1 Å². The molecule has 0 unspecified atom stereocenters. The van der Waals surface area contributed by atoms with Crippen molar-refractivity contribution in [3.63, 3.8) is 0 Å². The van der Waals surface area contributed by atoms with E-state index in [1.807, 2.05) is 0 Å². The zero-order valence-corrected chi connectivity index (χ0v) is 12.2. The number of hydrogen-bond donors (Lipinski definition) is 8. The summed E-state index contributed by atoms with van der Waals surface area (Å²) in [6, 6.07) is 0. The van der Waals surface area contributed by atoms with E-state index in [0.29, 0.717) is 0 Å². The van der Waals surface area contributed by atoms with Crippen LogP contribution in [0, 0.1) is 0 Å². The Labute approximate surface area is 105 Å². The Morgan fingerprint density at radius 2 is 1.05 bits per heavy atom. The molecule has 0 radical (unpaired) electrons. The first-order valence-electron chi connectivity index (χ1n) is 3.91. The highest BCUT2D eigenvalue weighted by atomic mass is 31.2. The molecular weight excluding hydrogens is 352 g/mol. The number of rotatable bonds is 5. The van der Waals surface area contributed by atoms with Crippen LogP contribution in [-0.4, -0.2) is 44.5 Å². The summed E-state index contributed by atoms with van der Waals surface area (Å²) in [5.41, 5.74) is 0. The van der Waals surface area contributed by atoms with E-state index in [-0.39, 0.29) is 0 Å². The van der Waals surface area contributed by atoms with Gasteiger partial charge in [0.2, 0.25) is 0 Å². The third-order valence-corrected chi connectivity index (χ3v) is 7.46. The average molecular weight is 362 g/mol. The molecule has 0 aliphatic heterocycles. The molecule has 0 aliphatic rings. The van der Waals surface area contributed by atoms with Crippen molar-refractivity contribution in [2.75, 3.05) is 0 Å². The summed E-state index contributed by atoms with van der Waals surface area (Å²) in [6.45, 7) is 0. The Morgan fingerprint density at radius 1 is 0.737 bits per heavy atom. The van der Waals surface area contributed by atoms with Crippen molar-refractivity contribution in [1.82, 2.24) is 0 Å². The van der Waals surface area contributed by atoms with E-state index in [2.05, 4.69) is 0 Å². The highest BCUT2D eigenvalue weighted by Crippen LogP contribution is 2.70. The van der Waals surface area contributed by atoms with E-state index in [1.165, 1.54) is 0 Å². The van der Waals surface area contributed by atoms with Gasteiger partial charge in [0.05, 0.1) is 5.31 Å². The first kappa shape index (κ1) is 19.3. The fourth-order valence-corrected chi connectivity index (χ4v) is 7.30. The summed E-state index contributed by atoms with van der Waals surface area (Å²) >= 11 is 0. The molecule has 0 aromatic rings. The molecule has 12 nitrogen and oxygen atoms in total. The highest BCUT2D eigenvalue weighted by molar-refractivity contribution is 7.74. The monoisotopic (exact) mass is 362 g/mol. The van der Waals surface area contributed by atoms with Crippen LogP contribution in [0.15, 0.2) is 11.1 Å². The number of hydrogen-bond acceptors (Lipinski definition) is 4. The minimum Gasteiger partial charge on any atom is -0.324 e. The molecule has 114 valence electrons. The summed E-state index contributed by atoms with van der Waals surface area (Å²) in [5, 5.41) is -5.35. The number of allylic oxidation sites excluding steroid dienone is 1. The Morgan fingerprint density at radius 3 is 1.21 bits per heavy atom. The molecule has 0 fully saturated rings. The Hall–Kier alpha value is 0.340. The minimum absolute atomic E-state index is 0.559. The quantitative estimate of drug-likeness (QED) is 0.271. The molecule has 0 amide bonds. The maximum atomic E-state index is 10.9. The fraction of sp³-hybridized carbons (Fsp3) is 0.333. The van der Waals surface area contributed by atoms with E-state index < -0.39 is 46.9 Å². The second-order valence-corrected chi connectivity index (χ2v) is 10.1. The first-order valence-corrected chi connectivity index (χ1v) is 10.6. The molecule has 0 aromatic carbocycles. The molecule has 0 aromatic heterocycles. The summed E-state index contributed by atoms with van der Waals surface area (Å²) in [5.74, 6) is -0.559. The van der Waals surface area contributed by atoms with Crippen molar-refractivity contribution in [1.29, 1.82) is 0 Å². The maximum absolute atomic E-state index is 10.9. The zero-order valence-electron chi connectivity index (χ0n) is 8.65. The first-order chi connectivity index (χ1) is 7.96. The van der Waals surface area contributed by atoms with Gasteiger partial charge in [-0.2, -0.15) is 0 Å². The van der Waals surface area contributed by atoms with Crippen LogP contribution >= 0.6 is 30.4 Å². The molecule has 0 atom stereocenters. The summed E-state index contributed by atoms with van der Waals surface area (Å²) in [6.07, 6.45) is 0. The van der Waals surface area contributed by atoms with Gasteiger partial charge in [0.1, 0.15) is 0 Å². The lowest BCUT2D eigenvalue weighted by atomic mass is 10.7. The van der Waals surface area contributed by atoms with Crippen LogP contribution < -0.4 is 0 Å². The third kappa shape index (κ3) is 6.55. The molecular formula is C3H10O12P4. The minimum atomic E-state index is -5.80. The van der Waals surface area contributed by atoms with Crippen molar-refractivity contribution in [2.24, 2.45) is 0 Å². The van der Waals surface area contributed by atoms with Crippen LogP contribution in [0.2, 0.25) is 0 Å². The van der Waals surface area contributed by atoms with Gasteiger partial charge >= 0.3 is 30.4 Å². The van der Waals surface area contributed by atoms with Crippen molar-refractivity contribution in [3.05, 3.63) is 11.1 Å². The summed E-state index contributed by atoms with van der Waals surface area (Å²) in [7, 11) is -22.7. The van der Waals surface area contributed by atoms with E-state index in [0.717, 1.165) is 0 Å². The van der Waals surface area contributed by atoms with Gasteiger partial charge in [-0.1, -0.05) is 0 Å². The molecule has 0 aliphatic carbocycles. The Bertz CT molecular complexity index is 528. The predicted molar refractivity (Wildman–Crippen MR) is 60.0 cm³/mol. The molecule has 19 heavy (non-hydrogen) atoms. The van der Waals surface area contributed by atoms with E-state index in [4.69, 9.17) is 39.1 Å². The topological polar surface area (TPSA) is 230 Å². The van der Waals surface area contributed by atoms with Crippen molar-refractivity contribution in [3.8, 4) is 0 Å². The smallest absolute Gasteiger partial charge is 0.324 e. The highest BCUT2D eigenvalue weighted by Gasteiger charge is 2.52. The van der Waals surface area contributed by atoms with Gasteiger partial charge in [0, 0.05) is 5.82 Å². The maximum Gasteiger partial charge on any atom is 0.354 e. The van der Waals surface area contributed by atoms with Crippen LogP contribution in [0.3, 0.4) is 0 Å². The van der Waals surface area contributed by atoms with Crippen LogP contribution in [-0.2, 0) is 18.3 Å². The van der Waals surface area contributed by atoms with Crippen molar-refractivity contribution in [2.45, 2.75) is 5.40 Å². The van der Waals surface area contributed by atoms with Gasteiger partial charge in [-0.3, -0.25) is 18.3 Å². The molecule has 0 heterocycles. The van der Waals surface area contributed by atoms with E-state index in [9.17, 15) is 18.3 Å². The molecule has 16 heteroatoms. The summed E-state index contributed by atoms with van der Waals surface area (Å²) < 4.78 is 43.4. The van der Waals surface area contributed by atoms with Crippen LogP contribution in [0.4, 0.5) is 0 Å². The SMILES string of the molecule is O=P(O)(O)/C=C(\C(P(=O)(O)O)P(=O)(O)O)P(=O)(O)O. The standard InChI is InChI=1S/C3H10O12P4/c4-16(5,6)1-2(17(7,8)9)3(18(10,11)12)19(13,14)15/h1,3H,(H2,4,5,6)(H2,7,8,9)(H2,10,11,12)(H2,13,14,15)/b2-1+. The van der Waals surface area contributed by atoms with Gasteiger partial charge in [-0.25, -0.2) is 0 Å². The Balaban J connectivity index is 6.37. The van der Waals surface area contributed by atoms with Crippen molar-refractivity contribution < 1.29 is 57.4 Å².